The second kappa shape index (κ2) is 8.26. The number of esters is 1. The van der Waals surface area contributed by atoms with Crippen LogP contribution in [0.3, 0.4) is 0 Å². The molecule has 0 radical (unpaired) electrons. The van der Waals surface area contributed by atoms with Crippen molar-refractivity contribution in [2.45, 2.75) is 26.8 Å². The van der Waals surface area contributed by atoms with E-state index in [2.05, 4.69) is 0 Å². The molecule has 9 nitrogen and oxygen atoms in total. The van der Waals surface area contributed by atoms with E-state index in [1.54, 1.807) is 32.4 Å². The van der Waals surface area contributed by atoms with Gasteiger partial charge in [0.2, 0.25) is 0 Å². The van der Waals surface area contributed by atoms with Crippen LogP contribution >= 0.6 is 0 Å². The Morgan fingerprint density at radius 2 is 1.72 bits per heavy atom. The first-order chi connectivity index (χ1) is 13.5. The minimum absolute atomic E-state index is 0.126. The van der Waals surface area contributed by atoms with Crippen molar-refractivity contribution in [3.05, 3.63) is 62.5 Å². The number of Topliss-reactive ketones (excluding diaryl/α,β-unsaturated/α-hetero) is 1. The molecule has 1 heterocycles. The van der Waals surface area contributed by atoms with Gasteiger partial charge in [-0.25, -0.2) is 4.79 Å². The van der Waals surface area contributed by atoms with Gasteiger partial charge in [0.15, 0.2) is 5.78 Å². The maximum atomic E-state index is 13.1. The summed E-state index contributed by atoms with van der Waals surface area (Å²) in [6, 6.07) is 4.36. The molecule has 0 N–H and O–H groups in total. The fourth-order valence-electron chi connectivity index (χ4n) is 3.22. The lowest BCUT2D eigenvalue weighted by Gasteiger charge is -2.24. The summed E-state index contributed by atoms with van der Waals surface area (Å²) in [6.07, 6.45) is 0. The summed E-state index contributed by atoms with van der Waals surface area (Å²) >= 11 is 0. The normalized spacial score (nSPS) is 11.7. The third-order valence-electron chi connectivity index (χ3n) is 5.16. The van der Waals surface area contributed by atoms with Crippen molar-refractivity contribution >= 4 is 23.3 Å². The third-order valence-corrected chi connectivity index (χ3v) is 5.16. The maximum absolute atomic E-state index is 13.1. The summed E-state index contributed by atoms with van der Waals surface area (Å²) < 4.78 is 6.39. The number of aromatic nitrogens is 1. The smallest absolute Gasteiger partial charge is 0.354 e. The molecule has 0 aliphatic heterocycles. The van der Waals surface area contributed by atoms with Crippen LogP contribution in [0.25, 0.3) is 0 Å². The lowest BCUT2D eigenvalue weighted by atomic mass is 9.99. The summed E-state index contributed by atoms with van der Waals surface area (Å²) in [5, 5.41) is 10.8. The van der Waals surface area contributed by atoms with E-state index in [1.807, 2.05) is 0 Å². The van der Waals surface area contributed by atoms with E-state index in [-0.39, 0.29) is 22.7 Å². The fraction of sp³-hybridized carbons (Fsp3) is 0.350. The number of carbonyl (C=O) groups is 3. The Bertz CT molecular complexity index is 991. The van der Waals surface area contributed by atoms with Gasteiger partial charge in [-0.05, 0) is 38.5 Å². The molecule has 0 bridgehead atoms. The molecule has 0 aliphatic rings. The Morgan fingerprint density at radius 1 is 1.17 bits per heavy atom. The highest BCUT2D eigenvalue weighted by atomic mass is 16.6. The standard InChI is InChI=1S/C20H23N3O6/c1-11-16(12(2)21(4)17(11)20(26)29-6)18(24)13(3)22(5)19(25)14-7-9-15(10-8-14)23(27)28/h7-10,13H,1-6H3/t13-/m0/s1. The van der Waals surface area contributed by atoms with Crippen LogP contribution in [0.1, 0.15) is 49.4 Å². The Balaban J connectivity index is 2.33. The van der Waals surface area contributed by atoms with E-state index in [0.717, 1.165) is 0 Å². The first-order valence-corrected chi connectivity index (χ1v) is 8.82. The minimum atomic E-state index is -0.817. The molecule has 9 heteroatoms. The molecule has 2 aromatic rings. The number of amides is 1. The van der Waals surface area contributed by atoms with E-state index in [0.29, 0.717) is 16.8 Å². The van der Waals surface area contributed by atoms with Gasteiger partial charge in [0, 0.05) is 43.0 Å². The van der Waals surface area contributed by atoms with Gasteiger partial charge < -0.3 is 14.2 Å². The highest BCUT2D eigenvalue weighted by molar-refractivity contribution is 6.07. The number of likely N-dealkylation sites (N-methyl/N-ethyl adjacent to an activating group) is 1. The zero-order valence-corrected chi connectivity index (χ0v) is 17.2. The summed E-state index contributed by atoms with van der Waals surface area (Å²) in [7, 11) is 4.42. The molecule has 1 aromatic carbocycles. The predicted molar refractivity (Wildman–Crippen MR) is 105 cm³/mol. The van der Waals surface area contributed by atoms with Crippen LogP contribution in [-0.4, -0.2) is 52.2 Å². The van der Waals surface area contributed by atoms with E-state index in [1.165, 1.54) is 43.3 Å². The summed E-state index contributed by atoms with van der Waals surface area (Å²) in [4.78, 5) is 49.4. The molecule has 0 fully saturated rings. The molecule has 154 valence electrons. The van der Waals surface area contributed by atoms with E-state index in [4.69, 9.17) is 4.74 Å². The van der Waals surface area contributed by atoms with Crippen molar-refractivity contribution in [1.82, 2.24) is 9.47 Å². The monoisotopic (exact) mass is 401 g/mol. The number of hydrogen-bond donors (Lipinski definition) is 0. The Kier molecular flexibility index (Phi) is 6.21. The van der Waals surface area contributed by atoms with Gasteiger partial charge in [-0.15, -0.1) is 0 Å². The van der Waals surface area contributed by atoms with Crippen LogP contribution in [0, 0.1) is 24.0 Å². The van der Waals surface area contributed by atoms with Crippen molar-refractivity contribution in [2.75, 3.05) is 14.2 Å². The van der Waals surface area contributed by atoms with Gasteiger partial charge in [0.25, 0.3) is 11.6 Å². The SMILES string of the molecule is COC(=O)c1c(C)c(C(=O)[C@H](C)N(C)C(=O)c2ccc([N+](=O)[O-])cc2)c(C)n1C. The van der Waals surface area contributed by atoms with Gasteiger partial charge in [0.05, 0.1) is 18.1 Å². The van der Waals surface area contributed by atoms with Crippen LogP contribution in [-0.2, 0) is 11.8 Å². The molecular formula is C20H23N3O6. The van der Waals surface area contributed by atoms with Crippen LogP contribution in [0.2, 0.25) is 0 Å². The molecule has 0 spiro atoms. The van der Waals surface area contributed by atoms with Crippen LogP contribution in [0.15, 0.2) is 24.3 Å². The first-order valence-electron chi connectivity index (χ1n) is 8.82. The van der Waals surface area contributed by atoms with E-state index in [9.17, 15) is 24.5 Å². The van der Waals surface area contributed by atoms with Crippen molar-refractivity contribution in [3.63, 3.8) is 0 Å². The predicted octanol–water partition coefficient (Wildman–Crippen LogP) is 2.68. The van der Waals surface area contributed by atoms with Gasteiger partial charge in [-0.1, -0.05) is 0 Å². The van der Waals surface area contributed by atoms with Crippen molar-refractivity contribution in [1.29, 1.82) is 0 Å². The minimum Gasteiger partial charge on any atom is -0.464 e. The van der Waals surface area contributed by atoms with Crippen molar-refractivity contribution in [2.24, 2.45) is 7.05 Å². The van der Waals surface area contributed by atoms with E-state index < -0.39 is 22.8 Å². The molecule has 1 aromatic heterocycles. The highest BCUT2D eigenvalue weighted by Crippen LogP contribution is 2.25. The summed E-state index contributed by atoms with van der Waals surface area (Å²) in [5.41, 5.74) is 1.84. The zero-order valence-electron chi connectivity index (χ0n) is 17.2. The number of non-ortho nitro benzene ring substituents is 1. The summed E-state index contributed by atoms with van der Waals surface area (Å²) in [6.45, 7) is 4.98. The highest BCUT2D eigenvalue weighted by Gasteiger charge is 2.31. The number of rotatable bonds is 6. The molecule has 2 rings (SSSR count). The third kappa shape index (κ3) is 3.89. The molecule has 0 saturated carbocycles. The molecule has 1 amide bonds. The number of methoxy groups -OCH3 is 1. The lowest BCUT2D eigenvalue weighted by Crippen LogP contribution is -2.40. The van der Waals surface area contributed by atoms with Crippen molar-refractivity contribution in [3.8, 4) is 0 Å². The Labute approximate surface area is 168 Å². The number of benzene rings is 1. The second-order valence-corrected chi connectivity index (χ2v) is 6.74. The number of hydrogen-bond acceptors (Lipinski definition) is 6. The Hall–Kier alpha value is -3.49. The van der Waals surface area contributed by atoms with Gasteiger partial charge in [0.1, 0.15) is 5.69 Å². The molecule has 0 unspecified atom stereocenters. The average Bonchev–Trinajstić information content (AvgIpc) is 2.93. The van der Waals surface area contributed by atoms with E-state index >= 15 is 0 Å². The molecule has 1 atom stereocenters. The zero-order chi connectivity index (χ0) is 22.0. The number of ether oxygens (including phenoxy) is 1. The summed E-state index contributed by atoms with van der Waals surface area (Å²) in [5.74, 6) is -1.31. The number of nitrogens with zero attached hydrogens (tertiary/aromatic N) is 3. The quantitative estimate of drug-likeness (QED) is 0.318. The van der Waals surface area contributed by atoms with Crippen LogP contribution in [0.5, 0.6) is 0 Å². The van der Waals surface area contributed by atoms with Gasteiger partial charge in [-0.2, -0.15) is 0 Å². The first kappa shape index (κ1) is 21.8. The number of nitro groups is 1. The topological polar surface area (TPSA) is 112 Å². The van der Waals surface area contributed by atoms with Crippen LogP contribution < -0.4 is 0 Å². The number of ketones is 1. The molecule has 29 heavy (non-hydrogen) atoms. The van der Waals surface area contributed by atoms with Crippen LogP contribution in [0.4, 0.5) is 5.69 Å². The number of nitro benzene ring substituents is 1. The van der Waals surface area contributed by atoms with Gasteiger partial charge >= 0.3 is 5.97 Å². The molecule has 0 saturated heterocycles. The lowest BCUT2D eigenvalue weighted by molar-refractivity contribution is -0.384. The Morgan fingerprint density at radius 3 is 2.21 bits per heavy atom. The second-order valence-electron chi connectivity index (χ2n) is 6.74. The van der Waals surface area contributed by atoms with Crippen molar-refractivity contribution < 1.29 is 24.0 Å². The fourth-order valence-corrected chi connectivity index (χ4v) is 3.22. The molecule has 0 aliphatic carbocycles. The number of carbonyl (C=O) groups excluding carboxylic acids is 3. The average molecular weight is 401 g/mol. The maximum Gasteiger partial charge on any atom is 0.354 e. The molecular weight excluding hydrogens is 378 g/mol. The largest absolute Gasteiger partial charge is 0.464 e. The van der Waals surface area contributed by atoms with Gasteiger partial charge in [-0.3, -0.25) is 19.7 Å².